The number of ketones is 3. The predicted molar refractivity (Wildman–Crippen MR) is 199 cm³/mol. The van der Waals surface area contributed by atoms with Gasteiger partial charge in [0.2, 0.25) is 11.7 Å². The van der Waals surface area contributed by atoms with Crippen LogP contribution < -0.4 is 15.4 Å². The van der Waals surface area contributed by atoms with Crippen molar-refractivity contribution in [3.8, 4) is 17.2 Å². The van der Waals surface area contributed by atoms with E-state index in [0.29, 0.717) is 17.7 Å². The summed E-state index contributed by atoms with van der Waals surface area (Å²) >= 11 is 5.83. The number of alkyl carbamates (subject to hydrolysis) is 1. The van der Waals surface area contributed by atoms with Gasteiger partial charge in [0.05, 0.1) is 42.0 Å². The second-order valence-electron chi connectivity index (χ2n) is 14.0. The minimum absolute atomic E-state index is 0.00596. The van der Waals surface area contributed by atoms with Crippen LogP contribution in [0.1, 0.15) is 101 Å². The van der Waals surface area contributed by atoms with Gasteiger partial charge in [-0.25, -0.2) is 4.79 Å². The fraction of sp³-hybridized carbons (Fsp3) is 0.425. The number of phenolic OH excluding ortho intramolecular Hbond substituents is 2. The van der Waals surface area contributed by atoms with Crippen LogP contribution in [0.5, 0.6) is 17.2 Å². The molecule has 3 aromatic carbocycles. The van der Waals surface area contributed by atoms with Crippen molar-refractivity contribution in [2.75, 3.05) is 19.0 Å². The summed E-state index contributed by atoms with van der Waals surface area (Å²) in [7, 11) is 1.33. The van der Waals surface area contributed by atoms with Crippen LogP contribution in [0, 0.1) is 5.92 Å². The molecule has 8 atom stereocenters. The van der Waals surface area contributed by atoms with Gasteiger partial charge in [-0.05, 0) is 56.9 Å². The van der Waals surface area contributed by atoms with E-state index in [4.69, 9.17) is 30.5 Å². The molecule has 6 N–H and O–H groups in total. The number of alkyl halides is 1. The number of carbonyl (C=O) groups excluding carboxylic acids is 5. The number of hydrogen-bond acceptors (Lipinski definition) is 13. The Morgan fingerprint density at radius 2 is 1.70 bits per heavy atom. The lowest BCUT2D eigenvalue weighted by atomic mass is 9.73. The zero-order valence-corrected chi connectivity index (χ0v) is 31.8. The summed E-state index contributed by atoms with van der Waals surface area (Å²) < 4.78 is 23.4. The summed E-state index contributed by atoms with van der Waals surface area (Å²) in [5.74, 6) is -4.50. The van der Waals surface area contributed by atoms with E-state index >= 15 is 0 Å². The van der Waals surface area contributed by atoms with E-state index in [1.807, 2.05) is 6.92 Å². The Morgan fingerprint density at radius 3 is 2.34 bits per heavy atom. The number of carbonyl (C=O) groups is 5. The number of aliphatic hydroxyl groups excluding tert-OH is 2. The van der Waals surface area contributed by atoms with Crippen LogP contribution in [0.15, 0.2) is 42.5 Å². The van der Waals surface area contributed by atoms with E-state index in [1.54, 1.807) is 38.1 Å². The highest BCUT2D eigenvalue weighted by Crippen LogP contribution is 2.51. The van der Waals surface area contributed by atoms with Crippen LogP contribution in [0.2, 0.25) is 0 Å². The van der Waals surface area contributed by atoms with Crippen LogP contribution in [-0.4, -0.2) is 93.4 Å². The molecule has 0 saturated carbocycles. The molecular weight excluding hydrogens is 752 g/mol. The molecule has 1 saturated heterocycles. The van der Waals surface area contributed by atoms with Gasteiger partial charge in [-0.3, -0.25) is 19.2 Å². The lowest BCUT2D eigenvalue weighted by Crippen LogP contribution is -2.55. The normalized spacial score (nSPS) is 23.8. The Balaban J connectivity index is 1.24. The molecule has 15 nitrogen and oxygen atoms in total. The number of benzene rings is 3. The number of ether oxygens (including phenoxy) is 4. The van der Waals surface area contributed by atoms with Gasteiger partial charge in [-0.2, -0.15) is 0 Å². The average Bonchev–Trinajstić information content (AvgIpc) is 3.18. The first kappa shape index (κ1) is 40.6. The first-order chi connectivity index (χ1) is 26.7. The second-order valence-corrected chi connectivity index (χ2v) is 14.7. The number of halogens is 1. The topological polar surface area (TPSA) is 227 Å². The molecule has 298 valence electrons. The molecule has 0 spiro atoms. The Hall–Kier alpha value is -5.06. The quantitative estimate of drug-likeness (QED) is 0.0917. The Kier molecular flexibility index (Phi) is 12.0. The molecule has 1 heterocycles. The molecular formula is C40H43ClN2O13. The second kappa shape index (κ2) is 16.6. The van der Waals surface area contributed by atoms with E-state index < -0.39 is 101 Å². The maximum Gasteiger partial charge on any atom is 0.408 e. The van der Waals surface area contributed by atoms with Crippen LogP contribution in [0.4, 0.5) is 10.5 Å². The van der Waals surface area contributed by atoms with Crippen LogP contribution >= 0.6 is 11.6 Å². The maximum absolute atomic E-state index is 13.9. The van der Waals surface area contributed by atoms with Gasteiger partial charge in [0.25, 0.3) is 0 Å². The number of amides is 2. The Labute approximate surface area is 326 Å². The van der Waals surface area contributed by atoms with Crippen LogP contribution in [0.3, 0.4) is 0 Å². The SMILES string of the molecule is CCC(OC(=O)N[C@H]1CC(O[C@H]2CC(C(=O)CO)Cc3c(O)c4c(c(O)c32)C(=O)c2c(OC)cccc2C4=O)O[C@@H](C)[C@H]1O)c1ccc(NC(=O)C(C)Cl)cc1. The lowest BCUT2D eigenvalue weighted by molar-refractivity contribution is -0.245. The van der Waals surface area contributed by atoms with Gasteiger partial charge < -0.3 is 50.0 Å². The number of hydrogen-bond donors (Lipinski definition) is 6. The summed E-state index contributed by atoms with van der Waals surface area (Å²) in [5, 5.41) is 48.8. The van der Waals surface area contributed by atoms with Gasteiger partial charge in [0.15, 0.2) is 17.9 Å². The number of Topliss-reactive ketones (excluding diaryl/α,β-unsaturated/α-hetero) is 1. The van der Waals surface area contributed by atoms with Gasteiger partial charge in [0, 0.05) is 34.7 Å². The van der Waals surface area contributed by atoms with E-state index in [2.05, 4.69) is 10.6 Å². The molecule has 6 rings (SSSR count). The maximum atomic E-state index is 13.9. The largest absolute Gasteiger partial charge is 0.507 e. The van der Waals surface area contributed by atoms with Gasteiger partial charge >= 0.3 is 6.09 Å². The highest BCUT2D eigenvalue weighted by atomic mass is 35.5. The van der Waals surface area contributed by atoms with Crippen molar-refractivity contribution in [3.05, 3.63) is 81.4 Å². The minimum Gasteiger partial charge on any atom is -0.507 e. The van der Waals surface area contributed by atoms with Crippen molar-refractivity contribution in [1.29, 1.82) is 0 Å². The summed E-state index contributed by atoms with van der Waals surface area (Å²) in [6, 6.07) is 10.2. The van der Waals surface area contributed by atoms with Crippen molar-refractivity contribution >= 4 is 46.6 Å². The standard InChI is InChI=1S/C40H43ClN2O13/c1-5-26(19-9-11-21(12-10-19)42-39(51)17(2)41)56-40(52)43-24-15-29(54-18(3)34(24)46)55-28-14-20(25(45)16-44)13-23-31(28)38(50)33-32(36(23)48)35(47)22-7-6-8-27(53-4)30(22)37(33)49/h6-12,17-18,20,24,26,28-29,34,44,46,48,50H,5,13-16H2,1-4H3,(H,42,51)(H,43,52)/t17?,18-,20?,24-,26?,28-,29?,34+/m0/s1. The molecule has 0 aromatic heterocycles. The summed E-state index contributed by atoms with van der Waals surface area (Å²) in [6.45, 7) is 4.10. The van der Waals surface area contributed by atoms with E-state index in [0.717, 1.165) is 0 Å². The highest BCUT2D eigenvalue weighted by molar-refractivity contribution is 6.32. The smallest absolute Gasteiger partial charge is 0.408 e. The van der Waals surface area contributed by atoms with E-state index in [-0.39, 0.29) is 53.2 Å². The highest BCUT2D eigenvalue weighted by Gasteiger charge is 2.46. The van der Waals surface area contributed by atoms with Gasteiger partial charge in [0.1, 0.15) is 41.4 Å². The molecule has 3 aliphatic rings. The van der Waals surface area contributed by atoms with Crippen molar-refractivity contribution < 1.29 is 63.3 Å². The molecule has 1 fully saturated rings. The van der Waals surface area contributed by atoms with Crippen molar-refractivity contribution in [1.82, 2.24) is 5.32 Å². The zero-order chi connectivity index (χ0) is 40.6. The van der Waals surface area contributed by atoms with Gasteiger partial charge in [-0.15, -0.1) is 11.6 Å². The Bertz CT molecular complexity index is 2050. The molecule has 1 aliphatic heterocycles. The third-order valence-corrected chi connectivity index (χ3v) is 10.7. The molecule has 2 amide bonds. The molecule has 2 aliphatic carbocycles. The third-order valence-electron chi connectivity index (χ3n) is 10.5. The number of aromatic hydroxyl groups is 2. The number of rotatable bonds is 11. The number of nitrogens with one attached hydrogen (secondary N) is 2. The first-order valence-electron chi connectivity index (χ1n) is 18.2. The number of phenols is 2. The van der Waals surface area contributed by atoms with Crippen molar-refractivity contribution in [3.63, 3.8) is 0 Å². The average molecular weight is 795 g/mol. The third kappa shape index (κ3) is 7.69. The lowest BCUT2D eigenvalue weighted by Gasteiger charge is -2.41. The first-order valence-corrected chi connectivity index (χ1v) is 18.6. The number of anilines is 1. The molecule has 16 heteroatoms. The summed E-state index contributed by atoms with van der Waals surface area (Å²) in [5.41, 5.74) is 0.121. The molecule has 3 aromatic rings. The monoisotopic (exact) mass is 794 g/mol. The Morgan fingerprint density at radius 1 is 1.00 bits per heavy atom. The molecule has 0 bridgehead atoms. The molecule has 0 radical (unpaired) electrons. The molecule has 56 heavy (non-hydrogen) atoms. The number of fused-ring (bicyclic) bond motifs is 3. The van der Waals surface area contributed by atoms with Gasteiger partial charge in [-0.1, -0.05) is 31.2 Å². The fourth-order valence-corrected chi connectivity index (χ4v) is 7.62. The summed E-state index contributed by atoms with van der Waals surface area (Å²) in [4.78, 5) is 65.8. The number of methoxy groups -OCH3 is 1. The predicted octanol–water partition coefficient (Wildman–Crippen LogP) is 4.37. The van der Waals surface area contributed by atoms with E-state index in [1.165, 1.54) is 25.3 Å². The van der Waals surface area contributed by atoms with Crippen LogP contribution in [0.25, 0.3) is 0 Å². The molecule has 4 unspecified atom stereocenters. The van der Waals surface area contributed by atoms with Crippen LogP contribution in [-0.2, 0) is 30.2 Å². The minimum atomic E-state index is -1.22. The summed E-state index contributed by atoms with van der Waals surface area (Å²) in [6.07, 6.45) is -6.03. The zero-order valence-electron chi connectivity index (χ0n) is 31.0. The number of aliphatic hydroxyl groups is 2. The van der Waals surface area contributed by atoms with E-state index in [9.17, 15) is 44.4 Å². The fourth-order valence-electron chi connectivity index (χ4n) is 7.57. The van der Waals surface area contributed by atoms with Crippen molar-refractivity contribution in [2.45, 2.75) is 88.6 Å². The van der Waals surface area contributed by atoms with Crippen molar-refractivity contribution in [2.24, 2.45) is 5.92 Å².